The molecule has 2 amide bonds. The van der Waals surface area contributed by atoms with Gasteiger partial charge in [-0.3, -0.25) is 9.59 Å². The summed E-state index contributed by atoms with van der Waals surface area (Å²) in [6, 6.07) is 15.5. The molecule has 3 aromatic rings. The Morgan fingerprint density at radius 3 is 2.14 bits per heavy atom. The van der Waals surface area contributed by atoms with Crippen molar-refractivity contribution in [1.29, 1.82) is 0 Å². The molecule has 0 aliphatic carbocycles. The number of carbonyl (C=O) groups excluding carboxylic acids is 2. The van der Waals surface area contributed by atoms with Crippen molar-refractivity contribution in [3.8, 4) is 11.5 Å². The van der Waals surface area contributed by atoms with Crippen LogP contribution in [0.3, 0.4) is 0 Å². The summed E-state index contributed by atoms with van der Waals surface area (Å²) >= 11 is 0. The smallest absolute Gasteiger partial charge is 0.251 e. The lowest BCUT2D eigenvalue weighted by Crippen LogP contribution is -2.25. The van der Waals surface area contributed by atoms with Crippen LogP contribution in [0.25, 0.3) is 0 Å². The van der Waals surface area contributed by atoms with Crippen molar-refractivity contribution in [3.63, 3.8) is 0 Å². The highest BCUT2D eigenvalue weighted by Crippen LogP contribution is 2.27. The SMILES string of the molecule is COc1ccc(CNC(=O)c2cccc(C(=O)NCc3ccco3)c2)cc1OC. The predicted molar refractivity (Wildman–Crippen MR) is 107 cm³/mol. The maximum absolute atomic E-state index is 12.5. The summed E-state index contributed by atoms with van der Waals surface area (Å²) in [5.74, 6) is 1.31. The Morgan fingerprint density at radius 1 is 0.828 bits per heavy atom. The van der Waals surface area contributed by atoms with Gasteiger partial charge in [0.25, 0.3) is 11.8 Å². The number of rotatable bonds is 8. The van der Waals surface area contributed by atoms with Crippen LogP contribution in [0.15, 0.2) is 65.3 Å². The lowest BCUT2D eigenvalue weighted by atomic mass is 10.1. The molecular formula is C22H22N2O5. The number of ether oxygens (including phenoxy) is 2. The van der Waals surface area contributed by atoms with E-state index in [0.717, 1.165) is 5.56 Å². The van der Waals surface area contributed by atoms with Crippen molar-refractivity contribution >= 4 is 11.8 Å². The van der Waals surface area contributed by atoms with Crippen molar-refractivity contribution in [1.82, 2.24) is 10.6 Å². The molecule has 3 rings (SSSR count). The van der Waals surface area contributed by atoms with Crippen LogP contribution < -0.4 is 20.1 Å². The standard InChI is InChI=1S/C22H22N2O5/c1-27-19-9-8-15(11-20(19)28-2)13-23-21(25)16-5-3-6-17(12-16)22(26)24-14-18-7-4-10-29-18/h3-12H,13-14H2,1-2H3,(H,23,25)(H,24,26). The van der Waals surface area contributed by atoms with Gasteiger partial charge in [0, 0.05) is 17.7 Å². The third kappa shape index (κ3) is 5.16. The second-order valence-electron chi connectivity index (χ2n) is 6.21. The molecule has 7 heteroatoms. The Labute approximate surface area is 168 Å². The molecule has 0 radical (unpaired) electrons. The Hall–Kier alpha value is -3.74. The number of methoxy groups -OCH3 is 2. The van der Waals surface area contributed by atoms with Crippen LogP contribution in [0, 0.1) is 0 Å². The van der Waals surface area contributed by atoms with E-state index in [1.165, 1.54) is 0 Å². The molecule has 1 heterocycles. The van der Waals surface area contributed by atoms with Crippen LogP contribution in [0.2, 0.25) is 0 Å². The second-order valence-corrected chi connectivity index (χ2v) is 6.21. The van der Waals surface area contributed by atoms with Crippen LogP contribution in [0.1, 0.15) is 32.0 Å². The number of hydrogen-bond donors (Lipinski definition) is 2. The highest BCUT2D eigenvalue weighted by Gasteiger charge is 2.12. The zero-order chi connectivity index (χ0) is 20.6. The van der Waals surface area contributed by atoms with E-state index in [0.29, 0.717) is 34.9 Å². The van der Waals surface area contributed by atoms with E-state index in [-0.39, 0.29) is 18.4 Å². The summed E-state index contributed by atoms with van der Waals surface area (Å²) in [6.45, 7) is 0.593. The van der Waals surface area contributed by atoms with Gasteiger partial charge in [0.15, 0.2) is 11.5 Å². The Kier molecular flexibility index (Phi) is 6.52. The summed E-state index contributed by atoms with van der Waals surface area (Å²) in [7, 11) is 3.12. The van der Waals surface area contributed by atoms with Gasteiger partial charge >= 0.3 is 0 Å². The molecule has 2 N–H and O–H groups in total. The monoisotopic (exact) mass is 394 g/mol. The van der Waals surface area contributed by atoms with Gasteiger partial charge in [0.1, 0.15) is 5.76 Å². The maximum atomic E-state index is 12.5. The topological polar surface area (TPSA) is 89.8 Å². The molecule has 0 aliphatic heterocycles. The summed E-state index contributed by atoms with van der Waals surface area (Å²) in [5.41, 5.74) is 1.66. The first kappa shape index (κ1) is 20.0. The second kappa shape index (κ2) is 9.45. The van der Waals surface area contributed by atoms with Crippen LogP contribution in [0.5, 0.6) is 11.5 Å². The molecule has 0 saturated heterocycles. The maximum Gasteiger partial charge on any atom is 0.251 e. The van der Waals surface area contributed by atoms with Crippen LogP contribution >= 0.6 is 0 Å². The Morgan fingerprint density at radius 2 is 1.52 bits per heavy atom. The number of carbonyl (C=O) groups is 2. The van der Waals surface area contributed by atoms with E-state index in [9.17, 15) is 9.59 Å². The predicted octanol–water partition coefficient (Wildman–Crippen LogP) is 3.16. The zero-order valence-corrected chi connectivity index (χ0v) is 16.2. The molecule has 0 atom stereocenters. The van der Waals surface area contributed by atoms with E-state index < -0.39 is 0 Å². The molecular weight excluding hydrogens is 372 g/mol. The summed E-state index contributed by atoms with van der Waals surface area (Å²) in [6.07, 6.45) is 1.55. The number of nitrogens with one attached hydrogen (secondary N) is 2. The number of hydrogen-bond acceptors (Lipinski definition) is 5. The average molecular weight is 394 g/mol. The largest absolute Gasteiger partial charge is 0.493 e. The Bertz CT molecular complexity index is 983. The van der Waals surface area contributed by atoms with Gasteiger partial charge in [0.2, 0.25) is 0 Å². The molecule has 0 fully saturated rings. The average Bonchev–Trinajstić information content (AvgIpc) is 3.29. The number of furan rings is 1. The summed E-state index contributed by atoms with van der Waals surface area (Å²) in [4.78, 5) is 24.8. The first-order valence-corrected chi connectivity index (χ1v) is 9.00. The zero-order valence-electron chi connectivity index (χ0n) is 16.2. The third-order valence-electron chi connectivity index (χ3n) is 4.29. The van der Waals surface area contributed by atoms with Crippen molar-refractivity contribution in [2.75, 3.05) is 14.2 Å². The first-order chi connectivity index (χ1) is 14.1. The van der Waals surface area contributed by atoms with Gasteiger partial charge in [0.05, 0.1) is 27.0 Å². The minimum atomic E-state index is -0.282. The van der Waals surface area contributed by atoms with Gasteiger partial charge in [-0.05, 0) is 48.0 Å². The molecule has 7 nitrogen and oxygen atoms in total. The van der Waals surface area contributed by atoms with Gasteiger partial charge in [-0.25, -0.2) is 0 Å². The lowest BCUT2D eigenvalue weighted by Gasteiger charge is -2.11. The van der Waals surface area contributed by atoms with Crippen molar-refractivity contribution in [3.05, 3.63) is 83.3 Å². The molecule has 150 valence electrons. The number of benzene rings is 2. The molecule has 2 aromatic carbocycles. The molecule has 0 unspecified atom stereocenters. The quantitative estimate of drug-likeness (QED) is 0.613. The normalized spacial score (nSPS) is 10.3. The summed E-state index contributed by atoms with van der Waals surface area (Å²) in [5, 5.41) is 5.60. The first-order valence-electron chi connectivity index (χ1n) is 9.00. The van der Waals surface area contributed by atoms with E-state index in [2.05, 4.69) is 10.6 Å². The fourth-order valence-corrected chi connectivity index (χ4v) is 2.76. The third-order valence-corrected chi connectivity index (χ3v) is 4.29. The Balaban J connectivity index is 1.61. The van der Waals surface area contributed by atoms with Gasteiger partial charge in [-0.2, -0.15) is 0 Å². The highest BCUT2D eigenvalue weighted by atomic mass is 16.5. The van der Waals surface area contributed by atoms with Crippen molar-refractivity contribution in [2.24, 2.45) is 0 Å². The lowest BCUT2D eigenvalue weighted by molar-refractivity contribution is 0.0948. The summed E-state index contributed by atoms with van der Waals surface area (Å²) < 4.78 is 15.7. The van der Waals surface area contributed by atoms with Crippen LogP contribution in [-0.2, 0) is 13.1 Å². The molecule has 0 spiro atoms. The van der Waals surface area contributed by atoms with Crippen molar-refractivity contribution < 1.29 is 23.5 Å². The molecule has 0 saturated carbocycles. The minimum absolute atomic E-state index is 0.277. The molecule has 0 aliphatic rings. The van der Waals surface area contributed by atoms with Gasteiger partial charge < -0.3 is 24.5 Å². The van der Waals surface area contributed by atoms with E-state index in [4.69, 9.17) is 13.9 Å². The highest BCUT2D eigenvalue weighted by molar-refractivity contribution is 5.99. The van der Waals surface area contributed by atoms with Crippen LogP contribution in [0.4, 0.5) is 0 Å². The minimum Gasteiger partial charge on any atom is -0.493 e. The fraction of sp³-hybridized carbons (Fsp3) is 0.182. The van der Waals surface area contributed by atoms with Crippen molar-refractivity contribution in [2.45, 2.75) is 13.1 Å². The van der Waals surface area contributed by atoms with Gasteiger partial charge in [-0.15, -0.1) is 0 Å². The van der Waals surface area contributed by atoms with E-state index in [1.807, 2.05) is 6.07 Å². The van der Waals surface area contributed by atoms with Crippen LogP contribution in [-0.4, -0.2) is 26.0 Å². The van der Waals surface area contributed by atoms with E-state index >= 15 is 0 Å². The fourth-order valence-electron chi connectivity index (χ4n) is 2.76. The molecule has 0 bridgehead atoms. The van der Waals surface area contributed by atoms with E-state index in [1.54, 1.807) is 69.0 Å². The molecule has 29 heavy (non-hydrogen) atoms. The molecule has 1 aromatic heterocycles. The number of amides is 2. The van der Waals surface area contributed by atoms with Gasteiger partial charge in [-0.1, -0.05) is 12.1 Å².